The maximum Gasteiger partial charge on any atom is 0.408 e. The fourth-order valence-corrected chi connectivity index (χ4v) is 2.60. The maximum atomic E-state index is 12.5. The highest BCUT2D eigenvalue weighted by atomic mass is 16.7. The van der Waals surface area contributed by atoms with Crippen molar-refractivity contribution >= 4 is 30.0 Å². The van der Waals surface area contributed by atoms with Gasteiger partial charge in [0.25, 0.3) is 11.8 Å². The Labute approximate surface area is 185 Å². The first-order valence-electron chi connectivity index (χ1n) is 10.1. The van der Waals surface area contributed by atoms with Gasteiger partial charge in [-0.05, 0) is 32.8 Å². The van der Waals surface area contributed by atoms with Crippen LogP contribution in [0.5, 0.6) is 0 Å². The summed E-state index contributed by atoms with van der Waals surface area (Å²) in [7, 11) is 0. The van der Waals surface area contributed by atoms with Crippen molar-refractivity contribution in [2.75, 3.05) is 6.54 Å². The number of rotatable bonds is 8. The lowest BCUT2D eigenvalue weighted by Gasteiger charge is -2.23. The minimum atomic E-state index is -1.29. The number of hydrogen-bond donors (Lipinski definition) is 2. The van der Waals surface area contributed by atoms with Crippen LogP contribution in [0.3, 0.4) is 0 Å². The van der Waals surface area contributed by atoms with E-state index in [2.05, 4.69) is 10.6 Å². The molecular formula is C21H27N3O8. The van der Waals surface area contributed by atoms with Gasteiger partial charge in [0, 0.05) is 19.4 Å². The second-order valence-electron chi connectivity index (χ2n) is 7.97. The van der Waals surface area contributed by atoms with E-state index in [9.17, 15) is 24.0 Å². The molecule has 0 radical (unpaired) electrons. The zero-order valence-corrected chi connectivity index (χ0v) is 18.2. The van der Waals surface area contributed by atoms with E-state index in [4.69, 9.17) is 14.3 Å². The van der Waals surface area contributed by atoms with Gasteiger partial charge in [-0.1, -0.05) is 30.3 Å². The summed E-state index contributed by atoms with van der Waals surface area (Å²) in [5.41, 5.74) is -0.0190. The number of nitrogens with one attached hydrogen (secondary N) is 2. The normalized spacial score (nSPS) is 14.5. The van der Waals surface area contributed by atoms with Gasteiger partial charge in [-0.2, -0.15) is 0 Å². The van der Waals surface area contributed by atoms with Crippen molar-refractivity contribution < 1.29 is 38.3 Å². The Morgan fingerprint density at radius 3 is 2.25 bits per heavy atom. The van der Waals surface area contributed by atoms with Crippen molar-refractivity contribution in [3.05, 3.63) is 35.9 Å². The number of carbonyl (C=O) groups is 5. The van der Waals surface area contributed by atoms with Crippen molar-refractivity contribution in [2.45, 2.75) is 58.3 Å². The van der Waals surface area contributed by atoms with E-state index >= 15 is 0 Å². The first kappa shape index (κ1) is 24.6. The van der Waals surface area contributed by atoms with Gasteiger partial charge >= 0.3 is 18.2 Å². The summed E-state index contributed by atoms with van der Waals surface area (Å²) >= 11 is 0. The molecule has 11 heteroatoms. The monoisotopic (exact) mass is 449 g/mol. The summed E-state index contributed by atoms with van der Waals surface area (Å²) in [5, 5.41) is 5.18. The summed E-state index contributed by atoms with van der Waals surface area (Å²) in [6, 6.07) is 7.76. The highest BCUT2D eigenvalue weighted by molar-refractivity contribution is 6.01. The second kappa shape index (κ2) is 11.1. The standard InChI is InChI=1S/C21H27N3O8/c1-21(2,3)31-20(29)23-15(18(27)32-24-16(25)9-10-17(24)26)11-12-22-19(28)30-13-14-7-5-4-6-8-14/h4-8,15H,9-13H2,1-3H3,(H,22,28)(H,23,29)/t15-/m0/s1. The zero-order valence-electron chi connectivity index (χ0n) is 18.2. The number of nitrogens with zero attached hydrogens (tertiary/aromatic N) is 1. The molecule has 4 amide bonds. The van der Waals surface area contributed by atoms with Crippen molar-refractivity contribution in [3.63, 3.8) is 0 Å². The van der Waals surface area contributed by atoms with Crippen molar-refractivity contribution in [3.8, 4) is 0 Å². The summed E-state index contributed by atoms with van der Waals surface area (Å²) in [6.45, 7) is 4.93. The Morgan fingerprint density at radius 1 is 1.03 bits per heavy atom. The molecule has 174 valence electrons. The zero-order chi connectivity index (χ0) is 23.7. The number of amides is 4. The Hall–Kier alpha value is -3.63. The van der Waals surface area contributed by atoms with E-state index in [1.807, 2.05) is 18.2 Å². The van der Waals surface area contributed by atoms with E-state index < -0.39 is 41.6 Å². The van der Waals surface area contributed by atoms with Crippen LogP contribution in [-0.2, 0) is 35.3 Å². The maximum absolute atomic E-state index is 12.5. The third-order valence-electron chi connectivity index (χ3n) is 4.08. The van der Waals surface area contributed by atoms with E-state index in [0.29, 0.717) is 5.06 Å². The molecular weight excluding hydrogens is 422 g/mol. The highest BCUT2D eigenvalue weighted by Crippen LogP contribution is 2.14. The molecule has 1 saturated heterocycles. The Balaban J connectivity index is 1.90. The molecule has 1 fully saturated rings. The van der Waals surface area contributed by atoms with Crippen LogP contribution in [0.15, 0.2) is 30.3 Å². The van der Waals surface area contributed by atoms with Gasteiger partial charge in [0.2, 0.25) is 0 Å². The molecule has 0 aromatic heterocycles. The molecule has 1 heterocycles. The van der Waals surface area contributed by atoms with Crippen LogP contribution >= 0.6 is 0 Å². The van der Waals surface area contributed by atoms with Crippen LogP contribution < -0.4 is 10.6 Å². The molecule has 0 bridgehead atoms. The van der Waals surface area contributed by atoms with Crippen molar-refractivity contribution in [1.29, 1.82) is 0 Å². The molecule has 1 atom stereocenters. The number of carbonyl (C=O) groups excluding carboxylic acids is 5. The highest BCUT2D eigenvalue weighted by Gasteiger charge is 2.35. The summed E-state index contributed by atoms with van der Waals surface area (Å²) in [4.78, 5) is 64.7. The number of benzene rings is 1. The van der Waals surface area contributed by atoms with Gasteiger partial charge in [-0.25, -0.2) is 14.4 Å². The number of hydroxylamine groups is 2. The molecule has 0 spiro atoms. The van der Waals surface area contributed by atoms with Gasteiger partial charge in [0.15, 0.2) is 0 Å². The SMILES string of the molecule is CC(C)(C)OC(=O)N[C@@H](CCNC(=O)OCc1ccccc1)C(=O)ON1C(=O)CCC1=O. The van der Waals surface area contributed by atoms with Crippen LogP contribution in [0.25, 0.3) is 0 Å². The van der Waals surface area contributed by atoms with Gasteiger partial charge in [0.1, 0.15) is 18.2 Å². The average molecular weight is 449 g/mol. The Bertz CT molecular complexity index is 834. The van der Waals surface area contributed by atoms with Crippen LogP contribution in [-0.4, -0.2) is 53.2 Å². The largest absolute Gasteiger partial charge is 0.445 e. The summed E-state index contributed by atoms with van der Waals surface area (Å²) in [5.74, 6) is -2.34. The lowest BCUT2D eigenvalue weighted by molar-refractivity contribution is -0.199. The molecule has 0 aliphatic carbocycles. The van der Waals surface area contributed by atoms with Crippen LogP contribution in [0.2, 0.25) is 0 Å². The molecule has 11 nitrogen and oxygen atoms in total. The fourth-order valence-electron chi connectivity index (χ4n) is 2.60. The molecule has 1 aliphatic rings. The molecule has 32 heavy (non-hydrogen) atoms. The molecule has 0 unspecified atom stereocenters. The van der Waals surface area contributed by atoms with E-state index in [1.54, 1.807) is 32.9 Å². The third kappa shape index (κ3) is 8.25. The third-order valence-corrected chi connectivity index (χ3v) is 4.08. The van der Waals surface area contributed by atoms with Crippen LogP contribution in [0.4, 0.5) is 9.59 Å². The Kier molecular flexibility index (Phi) is 8.56. The van der Waals surface area contributed by atoms with Crippen molar-refractivity contribution in [1.82, 2.24) is 15.7 Å². The lowest BCUT2D eigenvalue weighted by Crippen LogP contribution is -2.48. The topological polar surface area (TPSA) is 140 Å². The molecule has 1 aromatic rings. The molecule has 2 rings (SSSR count). The predicted octanol–water partition coefficient (Wildman–Crippen LogP) is 1.80. The van der Waals surface area contributed by atoms with E-state index in [0.717, 1.165) is 5.56 Å². The van der Waals surface area contributed by atoms with Crippen LogP contribution in [0.1, 0.15) is 45.6 Å². The summed E-state index contributed by atoms with van der Waals surface area (Å²) in [6.07, 6.45) is -1.85. The smallest absolute Gasteiger partial charge is 0.408 e. The minimum Gasteiger partial charge on any atom is -0.445 e. The second-order valence-corrected chi connectivity index (χ2v) is 7.97. The number of alkyl carbamates (subject to hydrolysis) is 2. The minimum absolute atomic E-state index is 0.0630. The first-order valence-corrected chi connectivity index (χ1v) is 10.1. The molecule has 1 aliphatic heterocycles. The van der Waals surface area contributed by atoms with Gasteiger partial charge in [-0.3, -0.25) is 9.59 Å². The number of ether oxygens (including phenoxy) is 2. The van der Waals surface area contributed by atoms with E-state index in [-0.39, 0.29) is 32.4 Å². The quantitative estimate of drug-likeness (QED) is 0.573. The average Bonchev–Trinajstić information content (AvgIpc) is 3.03. The fraction of sp³-hybridized carbons (Fsp3) is 0.476. The number of imide groups is 1. The van der Waals surface area contributed by atoms with Gasteiger partial charge in [-0.15, -0.1) is 5.06 Å². The van der Waals surface area contributed by atoms with E-state index in [1.165, 1.54) is 0 Å². The van der Waals surface area contributed by atoms with Crippen LogP contribution in [0, 0.1) is 0 Å². The lowest BCUT2D eigenvalue weighted by atomic mass is 10.2. The molecule has 2 N–H and O–H groups in total. The first-order chi connectivity index (χ1) is 15.0. The van der Waals surface area contributed by atoms with Gasteiger partial charge < -0.3 is 24.9 Å². The molecule has 0 saturated carbocycles. The number of hydrogen-bond acceptors (Lipinski definition) is 8. The van der Waals surface area contributed by atoms with Gasteiger partial charge in [0.05, 0.1) is 0 Å². The Morgan fingerprint density at radius 2 is 1.66 bits per heavy atom. The predicted molar refractivity (Wildman–Crippen MR) is 110 cm³/mol. The summed E-state index contributed by atoms with van der Waals surface area (Å²) < 4.78 is 10.2. The molecule has 1 aromatic carbocycles. The van der Waals surface area contributed by atoms with Crippen molar-refractivity contribution in [2.24, 2.45) is 0 Å².